The van der Waals surface area contributed by atoms with Gasteiger partial charge in [-0.3, -0.25) is 4.79 Å². The molecule has 2 atom stereocenters. The summed E-state index contributed by atoms with van der Waals surface area (Å²) in [7, 11) is -3.78. The van der Waals surface area contributed by atoms with Crippen LogP contribution in [0.1, 0.15) is 90.0 Å². The van der Waals surface area contributed by atoms with Crippen molar-refractivity contribution in [1.29, 1.82) is 0 Å². The summed E-state index contributed by atoms with van der Waals surface area (Å²) in [6.07, 6.45) is 15.5. The lowest BCUT2D eigenvalue weighted by Crippen LogP contribution is -2.35. The lowest BCUT2D eigenvalue weighted by molar-refractivity contribution is -0.143. The second-order valence-electron chi connectivity index (χ2n) is 8.67. The number of carbonyl (C=O) groups is 1. The number of unbranched alkanes of at least 4 members (excludes halogenated alkanes) is 10. The molecule has 2 unspecified atom stereocenters. The zero-order chi connectivity index (χ0) is 25.2. The van der Waals surface area contributed by atoms with Gasteiger partial charge in [-0.1, -0.05) is 100 Å². The Bertz CT molecular complexity index is 893. The fourth-order valence-electron chi connectivity index (χ4n) is 3.64. The lowest BCUT2D eigenvalue weighted by Gasteiger charge is -2.20. The van der Waals surface area contributed by atoms with E-state index in [2.05, 4.69) is 18.8 Å². The molecule has 0 heterocycles. The van der Waals surface area contributed by atoms with Crippen LogP contribution in [0.2, 0.25) is 0 Å². The van der Waals surface area contributed by atoms with E-state index < -0.39 is 27.2 Å². The van der Waals surface area contributed by atoms with Crippen molar-refractivity contribution in [3.05, 3.63) is 41.3 Å². The third-order valence-electron chi connectivity index (χ3n) is 5.60. The van der Waals surface area contributed by atoms with Gasteiger partial charge in [0.25, 0.3) is 0 Å². The van der Waals surface area contributed by atoms with Gasteiger partial charge >= 0.3 is 5.97 Å². The van der Waals surface area contributed by atoms with Gasteiger partial charge < -0.3 is 4.74 Å². The Hall–Kier alpha value is -1.71. The molecule has 1 rings (SSSR count). The van der Waals surface area contributed by atoms with Crippen LogP contribution in [0.5, 0.6) is 0 Å². The quantitative estimate of drug-likeness (QED) is 0.134. The number of carbonyl (C=O) groups excluding carboxylic acids is 1. The molecule has 0 bridgehead atoms. The highest BCUT2D eigenvalue weighted by Crippen LogP contribution is 2.23. The van der Waals surface area contributed by atoms with Gasteiger partial charge in [-0.15, -0.1) is 11.8 Å². The van der Waals surface area contributed by atoms with Crippen LogP contribution in [-0.2, 0) is 19.4 Å². The third kappa shape index (κ3) is 12.1. The van der Waals surface area contributed by atoms with Crippen LogP contribution >= 0.6 is 11.8 Å². The summed E-state index contributed by atoms with van der Waals surface area (Å²) in [6, 6.07) is 6.71. The highest BCUT2D eigenvalue weighted by molar-refractivity contribution is 8.01. The molecule has 0 amide bonds. The molecule has 190 valence electrons. The monoisotopic (exact) mass is 506 g/mol. The first kappa shape index (κ1) is 30.3. The topological polar surface area (TPSA) is 60.4 Å². The third-order valence-corrected chi connectivity index (χ3v) is 8.08. The van der Waals surface area contributed by atoms with Crippen LogP contribution in [0.25, 0.3) is 0 Å². The molecule has 1 aromatic rings. The minimum absolute atomic E-state index is 0.197. The van der Waals surface area contributed by atoms with Crippen molar-refractivity contribution < 1.29 is 17.9 Å². The maximum Gasteiger partial charge on any atom is 0.303 e. The summed E-state index contributed by atoms with van der Waals surface area (Å²) in [6.45, 7) is 5.43. The predicted octanol–water partition coefficient (Wildman–Crippen LogP) is 7.26. The number of thioether (sulfide) groups is 1. The summed E-state index contributed by atoms with van der Waals surface area (Å²) in [5, 5.41) is 0.642. The highest BCUT2D eigenvalue weighted by Gasteiger charge is 2.34. The molecule has 0 saturated carbocycles. The SMILES string of the molecule is CCCCCCCCCCCCC#CC(OC(C)=O)C(/C=C/SC)S(=O)(=O)c1ccc(C)cc1. The van der Waals surface area contributed by atoms with Crippen molar-refractivity contribution in [2.75, 3.05) is 6.26 Å². The van der Waals surface area contributed by atoms with Gasteiger partial charge in [-0.05, 0) is 37.1 Å². The first-order chi connectivity index (χ1) is 16.3. The minimum Gasteiger partial charge on any atom is -0.448 e. The van der Waals surface area contributed by atoms with Gasteiger partial charge in [0.15, 0.2) is 15.9 Å². The maximum absolute atomic E-state index is 13.4. The van der Waals surface area contributed by atoms with E-state index in [1.54, 1.807) is 35.7 Å². The Morgan fingerprint density at radius 3 is 2.09 bits per heavy atom. The molecular weight excluding hydrogens is 464 g/mol. The van der Waals surface area contributed by atoms with Crippen LogP contribution in [-0.4, -0.2) is 32.0 Å². The summed E-state index contributed by atoms with van der Waals surface area (Å²) >= 11 is 1.39. The first-order valence-electron chi connectivity index (χ1n) is 12.5. The predicted molar refractivity (Wildman–Crippen MR) is 145 cm³/mol. The van der Waals surface area contributed by atoms with Crippen LogP contribution in [0.4, 0.5) is 0 Å². The van der Waals surface area contributed by atoms with Crippen LogP contribution in [0.3, 0.4) is 0 Å². The minimum atomic E-state index is -3.78. The van der Waals surface area contributed by atoms with E-state index in [1.165, 1.54) is 70.1 Å². The van der Waals surface area contributed by atoms with Gasteiger partial charge in [-0.25, -0.2) is 8.42 Å². The van der Waals surface area contributed by atoms with Crippen LogP contribution in [0.15, 0.2) is 40.6 Å². The molecule has 4 nitrogen and oxygen atoms in total. The molecule has 0 aliphatic carbocycles. The van der Waals surface area contributed by atoms with Gasteiger partial charge in [0.2, 0.25) is 0 Å². The fraction of sp³-hybridized carbons (Fsp3) is 0.607. The Morgan fingerprint density at radius 2 is 1.56 bits per heavy atom. The fourth-order valence-corrected chi connectivity index (χ4v) is 5.63. The Labute approximate surface area is 212 Å². The molecule has 0 saturated heterocycles. The molecule has 34 heavy (non-hydrogen) atoms. The first-order valence-corrected chi connectivity index (χ1v) is 15.3. The summed E-state index contributed by atoms with van der Waals surface area (Å²) in [4.78, 5) is 11.9. The normalized spacial score (nSPS) is 13.3. The molecule has 0 spiro atoms. The average Bonchev–Trinajstić information content (AvgIpc) is 2.79. The van der Waals surface area contributed by atoms with E-state index in [0.717, 1.165) is 18.4 Å². The molecule has 0 aliphatic heterocycles. The smallest absolute Gasteiger partial charge is 0.303 e. The molecule has 1 aromatic carbocycles. The van der Waals surface area contributed by atoms with Crippen molar-refractivity contribution in [1.82, 2.24) is 0 Å². The largest absolute Gasteiger partial charge is 0.448 e. The zero-order valence-corrected chi connectivity index (χ0v) is 23.0. The lowest BCUT2D eigenvalue weighted by atomic mass is 10.1. The number of sulfone groups is 1. The standard InChI is InChI=1S/C28H42O4S2/c1-5-6-7-8-9-10-11-12-13-14-15-16-17-27(32-25(3)29)28(22-23-33-4)34(30,31)26-20-18-24(2)19-21-26/h18-23,27-28H,5-15H2,1-4H3/b23-22+. The Morgan fingerprint density at radius 1 is 1.00 bits per heavy atom. The van der Waals surface area contributed by atoms with Crippen molar-refractivity contribution in [2.24, 2.45) is 0 Å². The van der Waals surface area contributed by atoms with Crippen LogP contribution in [0, 0.1) is 18.8 Å². The van der Waals surface area contributed by atoms with E-state index in [0.29, 0.717) is 6.42 Å². The Kier molecular flexibility index (Phi) is 15.8. The number of hydrogen-bond donors (Lipinski definition) is 0. The van der Waals surface area contributed by atoms with E-state index in [1.807, 2.05) is 13.2 Å². The summed E-state index contributed by atoms with van der Waals surface area (Å²) < 4.78 is 32.1. The molecule has 6 heteroatoms. The average molecular weight is 507 g/mol. The van der Waals surface area contributed by atoms with Crippen molar-refractivity contribution in [3.8, 4) is 11.8 Å². The summed E-state index contributed by atoms with van der Waals surface area (Å²) in [5.41, 5.74) is 0.975. The molecule has 0 aliphatic rings. The molecule has 0 fully saturated rings. The second kappa shape index (κ2) is 17.7. The van der Waals surface area contributed by atoms with E-state index in [-0.39, 0.29) is 4.90 Å². The number of esters is 1. The number of aryl methyl sites for hydroxylation is 1. The van der Waals surface area contributed by atoms with Crippen molar-refractivity contribution in [3.63, 3.8) is 0 Å². The molecule has 0 radical (unpaired) electrons. The number of rotatable bonds is 16. The van der Waals surface area contributed by atoms with Crippen molar-refractivity contribution >= 4 is 27.6 Å². The van der Waals surface area contributed by atoms with Crippen LogP contribution < -0.4 is 0 Å². The van der Waals surface area contributed by atoms with E-state index >= 15 is 0 Å². The van der Waals surface area contributed by atoms with E-state index in [9.17, 15) is 13.2 Å². The number of hydrogen-bond acceptors (Lipinski definition) is 5. The Balaban J connectivity index is 2.74. The number of benzene rings is 1. The van der Waals surface area contributed by atoms with Gasteiger partial charge in [0.1, 0.15) is 5.25 Å². The number of ether oxygens (including phenoxy) is 1. The molecular formula is C28H42O4S2. The molecule has 0 N–H and O–H groups in total. The molecule has 0 aromatic heterocycles. The van der Waals surface area contributed by atoms with Gasteiger partial charge in [-0.2, -0.15) is 0 Å². The second-order valence-corrected chi connectivity index (χ2v) is 11.5. The van der Waals surface area contributed by atoms with E-state index in [4.69, 9.17) is 4.74 Å². The van der Waals surface area contributed by atoms with Crippen molar-refractivity contribution in [2.45, 2.75) is 108 Å². The maximum atomic E-state index is 13.4. The van der Waals surface area contributed by atoms with Gasteiger partial charge in [0.05, 0.1) is 4.90 Å². The van der Waals surface area contributed by atoms with Gasteiger partial charge in [0, 0.05) is 13.3 Å². The zero-order valence-electron chi connectivity index (χ0n) is 21.3. The highest BCUT2D eigenvalue weighted by atomic mass is 32.2. The summed E-state index contributed by atoms with van der Waals surface area (Å²) in [5.74, 6) is 5.48.